The van der Waals surface area contributed by atoms with E-state index in [9.17, 15) is 0 Å². The molecule has 4 heteroatoms. The molecule has 0 fully saturated rings. The zero-order valence-electron chi connectivity index (χ0n) is 15.4. The highest BCUT2D eigenvalue weighted by molar-refractivity contribution is 7.56. The Hall–Kier alpha value is -0.140. The molecule has 0 aromatic rings. The first-order valence-corrected chi connectivity index (χ1v) is 9.90. The Morgan fingerprint density at radius 1 is 1.24 bits per heavy atom. The molecule has 0 saturated heterocycles. The predicted octanol–water partition coefficient (Wildman–Crippen LogP) is 4.66. The highest BCUT2D eigenvalue weighted by Gasteiger charge is 2.34. The van der Waals surface area contributed by atoms with Crippen molar-refractivity contribution in [3.05, 3.63) is 0 Å². The minimum absolute atomic E-state index is 0.172. The minimum Gasteiger partial charge on any atom is -0.478 e. The van der Waals surface area contributed by atoms with Crippen molar-refractivity contribution in [1.29, 1.82) is 0 Å². The van der Waals surface area contributed by atoms with Gasteiger partial charge in [-0.2, -0.15) is 0 Å². The van der Waals surface area contributed by atoms with Crippen LogP contribution in [0, 0.1) is 11.3 Å². The Morgan fingerprint density at radius 3 is 2.19 bits per heavy atom. The molecule has 0 aromatic carbocycles. The first-order valence-electron chi connectivity index (χ1n) is 8.11. The first kappa shape index (κ1) is 18.9. The van der Waals surface area contributed by atoms with Crippen molar-refractivity contribution in [3.63, 3.8) is 0 Å². The summed E-state index contributed by atoms with van der Waals surface area (Å²) in [7, 11) is -0.261. The topological polar surface area (TPSA) is 33.6 Å². The monoisotopic (exact) mass is 314 g/mol. The molecule has 1 N–H and O–H groups in total. The van der Waals surface area contributed by atoms with Gasteiger partial charge >= 0.3 is 0 Å². The van der Waals surface area contributed by atoms with Gasteiger partial charge in [0, 0.05) is 0 Å². The van der Waals surface area contributed by atoms with E-state index in [-0.39, 0.29) is 25.6 Å². The van der Waals surface area contributed by atoms with Crippen molar-refractivity contribution in [2.45, 2.75) is 79.1 Å². The summed E-state index contributed by atoms with van der Waals surface area (Å²) in [5.41, 5.74) is 0.172. The summed E-state index contributed by atoms with van der Waals surface area (Å²) in [4.78, 5) is 4.89. The fourth-order valence-corrected chi connectivity index (χ4v) is 3.20. The van der Waals surface area contributed by atoms with Gasteiger partial charge in [-0.15, -0.1) is 0 Å². The lowest BCUT2D eigenvalue weighted by Crippen LogP contribution is -2.38. The molecule has 0 unspecified atom stereocenters. The van der Waals surface area contributed by atoms with Gasteiger partial charge < -0.3 is 4.74 Å². The SMILES string of the molecule is CC(C)C[C@@H](N[P@](C)C(C)(C)C)C1=N[C@@H](C(C)(C)C)CO1. The minimum atomic E-state index is -0.261. The zero-order chi connectivity index (χ0) is 16.4. The quantitative estimate of drug-likeness (QED) is 0.749. The van der Waals surface area contributed by atoms with Gasteiger partial charge in [-0.05, 0) is 37.6 Å². The summed E-state index contributed by atoms with van der Waals surface area (Å²) in [5.74, 6) is 1.56. The Morgan fingerprint density at radius 2 is 1.81 bits per heavy atom. The summed E-state index contributed by atoms with van der Waals surface area (Å²) in [6, 6.07) is 0.536. The van der Waals surface area contributed by atoms with Crippen LogP contribution in [0.3, 0.4) is 0 Å². The van der Waals surface area contributed by atoms with E-state index in [1.54, 1.807) is 0 Å². The second kappa shape index (κ2) is 6.96. The van der Waals surface area contributed by atoms with Gasteiger partial charge in [-0.1, -0.05) is 55.4 Å². The van der Waals surface area contributed by atoms with E-state index in [4.69, 9.17) is 9.73 Å². The van der Waals surface area contributed by atoms with E-state index in [1.807, 2.05) is 0 Å². The molecule has 3 nitrogen and oxygen atoms in total. The van der Waals surface area contributed by atoms with Crippen molar-refractivity contribution in [1.82, 2.24) is 5.09 Å². The third kappa shape index (κ3) is 5.87. The first-order chi connectivity index (χ1) is 9.41. The van der Waals surface area contributed by atoms with Gasteiger partial charge in [0.25, 0.3) is 0 Å². The van der Waals surface area contributed by atoms with E-state index in [0.717, 1.165) is 18.9 Å². The van der Waals surface area contributed by atoms with Crippen LogP contribution in [0.2, 0.25) is 0 Å². The highest BCUT2D eigenvalue weighted by atomic mass is 31.1. The number of ether oxygens (including phenoxy) is 1. The Bertz CT molecular complexity index is 366. The Kier molecular flexibility index (Phi) is 6.27. The summed E-state index contributed by atoms with van der Waals surface area (Å²) < 4.78 is 5.97. The zero-order valence-corrected chi connectivity index (χ0v) is 16.3. The molecule has 1 rings (SSSR count). The van der Waals surface area contributed by atoms with Crippen LogP contribution in [0.5, 0.6) is 0 Å². The molecule has 21 heavy (non-hydrogen) atoms. The average Bonchev–Trinajstić information content (AvgIpc) is 2.74. The van der Waals surface area contributed by atoms with Crippen molar-refractivity contribution < 1.29 is 4.74 Å². The lowest BCUT2D eigenvalue weighted by atomic mass is 9.88. The summed E-state index contributed by atoms with van der Waals surface area (Å²) >= 11 is 0. The molecule has 0 radical (unpaired) electrons. The second-order valence-electron chi connectivity index (χ2n) is 8.70. The maximum atomic E-state index is 5.97. The molecule has 0 aliphatic carbocycles. The van der Waals surface area contributed by atoms with Crippen LogP contribution in [0.4, 0.5) is 0 Å². The van der Waals surface area contributed by atoms with Crippen molar-refractivity contribution in [2.75, 3.05) is 13.3 Å². The van der Waals surface area contributed by atoms with Crippen LogP contribution >= 0.6 is 8.07 Å². The van der Waals surface area contributed by atoms with E-state index in [2.05, 4.69) is 67.1 Å². The maximum Gasteiger partial charge on any atom is 0.201 e. The van der Waals surface area contributed by atoms with Crippen LogP contribution in [0.15, 0.2) is 4.99 Å². The summed E-state index contributed by atoms with van der Waals surface area (Å²) in [6.07, 6.45) is 1.08. The number of nitrogens with zero attached hydrogens (tertiary/aromatic N) is 1. The van der Waals surface area contributed by atoms with Crippen molar-refractivity contribution in [3.8, 4) is 0 Å². The van der Waals surface area contributed by atoms with Crippen LogP contribution in [0.25, 0.3) is 0 Å². The predicted molar refractivity (Wildman–Crippen MR) is 95.6 cm³/mol. The van der Waals surface area contributed by atoms with Gasteiger partial charge in [-0.3, -0.25) is 5.09 Å². The van der Waals surface area contributed by atoms with Gasteiger partial charge in [-0.25, -0.2) is 4.99 Å². The fraction of sp³-hybridized carbons (Fsp3) is 0.941. The van der Waals surface area contributed by atoms with Crippen LogP contribution in [-0.4, -0.2) is 36.4 Å². The average molecular weight is 314 g/mol. The maximum absolute atomic E-state index is 5.97. The molecule has 124 valence electrons. The van der Waals surface area contributed by atoms with Crippen LogP contribution in [0.1, 0.15) is 61.8 Å². The second-order valence-corrected chi connectivity index (χ2v) is 11.4. The third-order valence-corrected chi connectivity index (χ3v) is 6.74. The van der Waals surface area contributed by atoms with E-state index in [1.165, 1.54) is 0 Å². The smallest absolute Gasteiger partial charge is 0.201 e. The Balaban J connectivity index is 2.84. The Labute approximate surface area is 133 Å². The lowest BCUT2D eigenvalue weighted by molar-refractivity contribution is 0.230. The van der Waals surface area contributed by atoms with Crippen LogP contribution in [-0.2, 0) is 4.74 Å². The molecule has 0 aromatic heterocycles. The normalized spacial score (nSPS) is 23.0. The largest absolute Gasteiger partial charge is 0.478 e. The molecule has 1 aliphatic heterocycles. The standard InChI is InChI=1S/C17H35N2OP/c1-12(2)10-13(19-21(9)17(6,7)8)15-18-14(11-20-15)16(3,4)5/h12-14,19H,10-11H2,1-9H3/t13-,14-,21-/m1/s1. The number of aliphatic imine (C=N–C) groups is 1. The van der Waals surface area contributed by atoms with Gasteiger partial charge in [0.05, 0.1) is 12.1 Å². The van der Waals surface area contributed by atoms with Crippen LogP contribution < -0.4 is 5.09 Å². The van der Waals surface area contributed by atoms with Crippen molar-refractivity contribution >= 4 is 14.0 Å². The summed E-state index contributed by atoms with van der Waals surface area (Å²) in [6.45, 7) is 21.2. The molecule has 3 atom stereocenters. The molecule has 1 heterocycles. The van der Waals surface area contributed by atoms with E-state index < -0.39 is 0 Å². The number of hydrogen-bond acceptors (Lipinski definition) is 3. The molecule has 0 spiro atoms. The fourth-order valence-electron chi connectivity index (χ4n) is 2.13. The van der Waals surface area contributed by atoms with E-state index >= 15 is 0 Å². The third-order valence-electron chi connectivity index (χ3n) is 4.03. The summed E-state index contributed by atoms with van der Waals surface area (Å²) in [5, 5.41) is 4.11. The van der Waals surface area contributed by atoms with Gasteiger partial charge in [0.15, 0.2) is 0 Å². The number of nitrogens with one attached hydrogen (secondary N) is 1. The molecule has 0 bridgehead atoms. The molecular formula is C17H35N2OP. The van der Waals surface area contributed by atoms with Gasteiger partial charge in [0.2, 0.25) is 5.90 Å². The number of hydrogen-bond donors (Lipinski definition) is 1. The molecule has 0 saturated carbocycles. The van der Waals surface area contributed by atoms with Crippen molar-refractivity contribution in [2.24, 2.45) is 16.3 Å². The van der Waals surface area contributed by atoms with Gasteiger partial charge in [0.1, 0.15) is 6.61 Å². The molecule has 1 aliphatic rings. The lowest BCUT2D eigenvalue weighted by Gasteiger charge is -2.32. The van der Waals surface area contributed by atoms with E-state index in [0.29, 0.717) is 11.1 Å². The highest BCUT2D eigenvalue weighted by Crippen LogP contribution is 2.43. The molecular weight excluding hydrogens is 279 g/mol. The number of rotatable bonds is 5. The molecule has 0 amide bonds.